The number of H-pyrrole nitrogens is 1. The highest BCUT2D eigenvalue weighted by atomic mass is 19.4. The maximum Gasteiger partial charge on any atom is 0.416 e. The smallest absolute Gasteiger partial charge is 0.322 e. The van der Waals surface area contributed by atoms with Gasteiger partial charge < -0.3 is 4.98 Å². The standard InChI is InChI=1S/C16H10F3NO/c17-16(18,19)11-6-7-14-13(8-11)12(9-15(21)20-14)10-4-2-1-3-5-10/h1-9H,(H,20,21). The third kappa shape index (κ3) is 2.54. The van der Waals surface area contributed by atoms with Gasteiger partial charge in [-0.25, -0.2) is 0 Å². The fourth-order valence-electron chi connectivity index (χ4n) is 2.29. The number of rotatable bonds is 1. The van der Waals surface area contributed by atoms with Crippen molar-refractivity contribution in [3.8, 4) is 11.1 Å². The van der Waals surface area contributed by atoms with Crippen molar-refractivity contribution in [2.45, 2.75) is 6.18 Å². The Kier molecular flexibility index (Phi) is 3.05. The molecular weight excluding hydrogens is 279 g/mol. The third-order valence-corrected chi connectivity index (χ3v) is 3.26. The van der Waals surface area contributed by atoms with Gasteiger partial charge in [0.25, 0.3) is 0 Å². The van der Waals surface area contributed by atoms with E-state index in [4.69, 9.17) is 0 Å². The van der Waals surface area contributed by atoms with Gasteiger partial charge in [-0.3, -0.25) is 4.79 Å². The number of fused-ring (bicyclic) bond motifs is 1. The van der Waals surface area contributed by atoms with Crippen LogP contribution in [0.3, 0.4) is 0 Å². The number of pyridine rings is 1. The van der Waals surface area contributed by atoms with E-state index in [1.807, 2.05) is 0 Å². The van der Waals surface area contributed by atoms with Crippen LogP contribution in [0.1, 0.15) is 5.56 Å². The fraction of sp³-hybridized carbons (Fsp3) is 0.0625. The summed E-state index contributed by atoms with van der Waals surface area (Å²) >= 11 is 0. The summed E-state index contributed by atoms with van der Waals surface area (Å²) < 4.78 is 38.6. The zero-order chi connectivity index (χ0) is 15.0. The number of nitrogens with one attached hydrogen (secondary N) is 1. The molecular formula is C16H10F3NO. The summed E-state index contributed by atoms with van der Waals surface area (Å²) in [5.74, 6) is 0. The highest BCUT2D eigenvalue weighted by molar-refractivity contribution is 5.94. The van der Waals surface area contributed by atoms with E-state index in [2.05, 4.69) is 4.98 Å². The van der Waals surface area contributed by atoms with E-state index in [1.54, 1.807) is 30.3 Å². The van der Waals surface area contributed by atoms with Gasteiger partial charge in [0.1, 0.15) is 0 Å². The first kappa shape index (κ1) is 13.4. The Hall–Kier alpha value is -2.56. The van der Waals surface area contributed by atoms with Crippen molar-refractivity contribution in [3.05, 3.63) is 70.5 Å². The molecule has 0 bridgehead atoms. The summed E-state index contributed by atoms with van der Waals surface area (Å²) in [5.41, 5.74) is 0.489. The second-order valence-corrected chi connectivity index (χ2v) is 4.67. The second-order valence-electron chi connectivity index (χ2n) is 4.67. The lowest BCUT2D eigenvalue weighted by atomic mass is 10.00. The van der Waals surface area contributed by atoms with Gasteiger partial charge >= 0.3 is 6.18 Å². The Morgan fingerprint density at radius 3 is 2.29 bits per heavy atom. The second kappa shape index (κ2) is 4.77. The van der Waals surface area contributed by atoms with E-state index in [0.29, 0.717) is 22.0 Å². The summed E-state index contributed by atoms with van der Waals surface area (Å²) in [6.45, 7) is 0. The molecule has 0 amide bonds. The first-order valence-corrected chi connectivity index (χ1v) is 6.25. The number of aromatic amines is 1. The van der Waals surface area contributed by atoms with Gasteiger partial charge in [-0.1, -0.05) is 30.3 Å². The third-order valence-electron chi connectivity index (χ3n) is 3.26. The summed E-state index contributed by atoms with van der Waals surface area (Å²) in [4.78, 5) is 14.2. The normalized spacial score (nSPS) is 11.8. The Morgan fingerprint density at radius 2 is 1.62 bits per heavy atom. The average molecular weight is 289 g/mol. The minimum Gasteiger partial charge on any atom is -0.322 e. The van der Waals surface area contributed by atoms with E-state index >= 15 is 0 Å². The van der Waals surface area contributed by atoms with Crippen molar-refractivity contribution in [2.75, 3.05) is 0 Å². The molecule has 5 heteroatoms. The lowest BCUT2D eigenvalue weighted by Gasteiger charge is -2.10. The first-order chi connectivity index (χ1) is 9.95. The van der Waals surface area contributed by atoms with Crippen LogP contribution < -0.4 is 5.56 Å². The van der Waals surface area contributed by atoms with Crippen molar-refractivity contribution >= 4 is 10.9 Å². The van der Waals surface area contributed by atoms with E-state index < -0.39 is 11.7 Å². The number of benzene rings is 2. The van der Waals surface area contributed by atoms with Crippen molar-refractivity contribution in [1.82, 2.24) is 4.98 Å². The van der Waals surface area contributed by atoms with Crippen LogP contribution in [0.5, 0.6) is 0 Å². The summed E-state index contributed by atoms with van der Waals surface area (Å²) in [7, 11) is 0. The van der Waals surface area contributed by atoms with Gasteiger partial charge in [-0.05, 0) is 29.3 Å². The van der Waals surface area contributed by atoms with Crippen LogP contribution >= 0.6 is 0 Å². The quantitative estimate of drug-likeness (QED) is 0.715. The zero-order valence-corrected chi connectivity index (χ0v) is 10.7. The number of hydrogen-bond donors (Lipinski definition) is 1. The molecule has 2 aromatic carbocycles. The fourth-order valence-corrected chi connectivity index (χ4v) is 2.29. The minimum absolute atomic E-state index is 0.346. The molecule has 0 aliphatic carbocycles. The van der Waals surface area contributed by atoms with Crippen LogP contribution in [0, 0.1) is 0 Å². The highest BCUT2D eigenvalue weighted by Crippen LogP contribution is 2.33. The van der Waals surface area contributed by atoms with Crippen LogP contribution in [0.2, 0.25) is 0 Å². The van der Waals surface area contributed by atoms with E-state index in [-0.39, 0.29) is 5.56 Å². The first-order valence-electron chi connectivity index (χ1n) is 6.25. The molecule has 0 fully saturated rings. The molecule has 0 aliphatic heterocycles. The Morgan fingerprint density at radius 1 is 0.905 bits per heavy atom. The number of alkyl halides is 3. The zero-order valence-electron chi connectivity index (χ0n) is 10.7. The van der Waals surface area contributed by atoms with Crippen molar-refractivity contribution in [2.24, 2.45) is 0 Å². The number of aromatic nitrogens is 1. The molecule has 0 saturated carbocycles. The molecule has 1 heterocycles. The summed E-state index contributed by atoms with van der Waals surface area (Å²) in [6.07, 6.45) is -4.42. The van der Waals surface area contributed by atoms with Gasteiger partial charge in [-0.15, -0.1) is 0 Å². The molecule has 1 N–H and O–H groups in total. The Bertz CT molecular complexity index is 851. The Labute approximate surface area is 117 Å². The Balaban J connectivity index is 2.35. The van der Waals surface area contributed by atoms with Crippen LogP contribution in [-0.4, -0.2) is 4.98 Å². The number of hydrogen-bond acceptors (Lipinski definition) is 1. The highest BCUT2D eigenvalue weighted by Gasteiger charge is 2.30. The van der Waals surface area contributed by atoms with E-state index in [1.165, 1.54) is 12.1 Å². The van der Waals surface area contributed by atoms with Crippen molar-refractivity contribution < 1.29 is 13.2 Å². The van der Waals surface area contributed by atoms with Crippen molar-refractivity contribution in [3.63, 3.8) is 0 Å². The molecule has 21 heavy (non-hydrogen) atoms. The predicted molar refractivity (Wildman–Crippen MR) is 75.0 cm³/mol. The minimum atomic E-state index is -4.42. The molecule has 0 spiro atoms. The molecule has 3 aromatic rings. The predicted octanol–water partition coefficient (Wildman–Crippen LogP) is 4.21. The van der Waals surface area contributed by atoms with Gasteiger partial charge in [-0.2, -0.15) is 13.2 Å². The molecule has 3 rings (SSSR count). The van der Waals surface area contributed by atoms with Crippen molar-refractivity contribution in [1.29, 1.82) is 0 Å². The summed E-state index contributed by atoms with van der Waals surface area (Å²) in [6, 6.07) is 13.5. The maximum atomic E-state index is 12.9. The van der Waals surface area contributed by atoms with Gasteiger partial charge in [0.05, 0.1) is 5.56 Å². The van der Waals surface area contributed by atoms with Crippen LogP contribution in [0.15, 0.2) is 59.4 Å². The van der Waals surface area contributed by atoms with Crippen LogP contribution in [-0.2, 0) is 6.18 Å². The van der Waals surface area contributed by atoms with Crippen LogP contribution in [0.25, 0.3) is 22.0 Å². The lowest BCUT2D eigenvalue weighted by Crippen LogP contribution is -2.08. The molecule has 0 atom stereocenters. The molecule has 0 radical (unpaired) electrons. The molecule has 2 nitrogen and oxygen atoms in total. The average Bonchev–Trinajstić information content (AvgIpc) is 2.46. The molecule has 0 saturated heterocycles. The van der Waals surface area contributed by atoms with Gasteiger partial charge in [0, 0.05) is 17.0 Å². The van der Waals surface area contributed by atoms with E-state index in [9.17, 15) is 18.0 Å². The SMILES string of the molecule is O=c1cc(-c2ccccc2)c2cc(C(F)(F)F)ccc2[nH]1. The monoisotopic (exact) mass is 289 g/mol. The van der Waals surface area contributed by atoms with E-state index in [0.717, 1.165) is 12.1 Å². The molecule has 0 unspecified atom stereocenters. The van der Waals surface area contributed by atoms with Crippen LogP contribution in [0.4, 0.5) is 13.2 Å². The molecule has 106 valence electrons. The summed E-state index contributed by atoms with van der Waals surface area (Å²) in [5, 5.41) is 0.371. The van der Waals surface area contributed by atoms with Gasteiger partial charge in [0.15, 0.2) is 0 Å². The topological polar surface area (TPSA) is 32.9 Å². The lowest BCUT2D eigenvalue weighted by molar-refractivity contribution is -0.137. The largest absolute Gasteiger partial charge is 0.416 e. The van der Waals surface area contributed by atoms with Gasteiger partial charge in [0.2, 0.25) is 5.56 Å². The number of halogens is 3. The maximum absolute atomic E-state index is 12.9. The molecule has 1 aromatic heterocycles. The molecule has 0 aliphatic rings.